The van der Waals surface area contributed by atoms with Crippen molar-refractivity contribution in [2.45, 2.75) is 19.9 Å². The monoisotopic (exact) mass is 328 g/mol. The number of rotatable bonds is 4. The lowest BCUT2D eigenvalue weighted by atomic mass is 10.1. The third-order valence-electron chi connectivity index (χ3n) is 4.34. The van der Waals surface area contributed by atoms with Gasteiger partial charge in [-0.3, -0.25) is 9.69 Å². The number of hydrogen-bond acceptors (Lipinski definition) is 2. The minimum absolute atomic E-state index is 0.0498. The first-order valence-corrected chi connectivity index (χ1v) is 8.33. The molecule has 2 aromatic carbocycles. The molecule has 23 heavy (non-hydrogen) atoms. The summed E-state index contributed by atoms with van der Waals surface area (Å²) in [5, 5.41) is 3.73. The van der Waals surface area contributed by atoms with E-state index >= 15 is 0 Å². The highest BCUT2D eigenvalue weighted by molar-refractivity contribution is 6.30. The molecule has 0 saturated carbocycles. The summed E-state index contributed by atoms with van der Waals surface area (Å²) in [6, 6.07) is 15.9. The predicted octanol–water partition coefficient (Wildman–Crippen LogP) is 4.11. The van der Waals surface area contributed by atoms with E-state index in [1.54, 1.807) is 6.07 Å². The molecule has 0 radical (unpaired) electrons. The Morgan fingerprint density at radius 3 is 2.78 bits per heavy atom. The summed E-state index contributed by atoms with van der Waals surface area (Å²) in [7, 11) is 0. The molecule has 1 atom stereocenters. The van der Waals surface area contributed by atoms with Gasteiger partial charge in [-0.2, -0.15) is 0 Å². The van der Waals surface area contributed by atoms with Crippen LogP contribution >= 0.6 is 11.6 Å². The molecule has 1 aliphatic heterocycles. The van der Waals surface area contributed by atoms with Gasteiger partial charge in [0.1, 0.15) is 0 Å². The van der Waals surface area contributed by atoms with E-state index < -0.39 is 0 Å². The second-order valence-corrected chi connectivity index (χ2v) is 6.59. The van der Waals surface area contributed by atoms with Crippen LogP contribution in [-0.4, -0.2) is 23.9 Å². The molecule has 1 fully saturated rings. The molecule has 3 nitrogen and oxygen atoms in total. The summed E-state index contributed by atoms with van der Waals surface area (Å²) in [5.41, 5.74) is 3.13. The number of carbonyl (C=O) groups is 1. The Bertz CT molecular complexity index is 687. The normalized spacial score (nSPS) is 18.1. The quantitative estimate of drug-likeness (QED) is 0.916. The van der Waals surface area contributed by atoms with Crippen LogP contribution in [-0.2, 0) is 11.3 Å². The molecule has 1 unspecified atom stereocenters. The Morgan fingerprint density at radius 2 is 2.04 bits per heavy atom. The number of halogens is 1. The maximum Gasteiger partial charge on any atom is 0.228 e. The van der Waals surface area contributed by atoms with Crippen molar-refractivity contribution >= 4 is 23.2 Å². The molecular weight excluding hydrogens is 308 g/mol. The van der Waals surface area contributed by atoms with Crippen LogP contribution in [0.25, 0.3) is 0 Å². The Hall–Kier alpha value is -1.84. The second-order valence-electron chi connectivity index (χ2n) is 6.15. The Labute approximate surface area is 142 Å². The van der Waals surface area contributed by atoms with Crippen molar-refractivity contribution in [2.24, 2.45) is 5.92 Å². The average Bonchev–Trinajstić information content (AvgIpc) is 3.00. The van der Waals surface area contributed by atoms with Gasteiger partial charge in [-0.15, -0.1) is 0 Å². The van der Waals surface area contributed by atoms with Gasteiger partial charge in [0.15, 0.2) is 0 Å². The number of nitrogens with one attached hydrogen (secondary N) is 1. The van der Waals surface area contributed by atoms with Crippen LogP contribution in [0.5, 0.6) is 0 Å². The molecule has 1 amide bonds. The van der Waals surface area contributed by atoms with Crippen molar-refractivity contribution in [2.75, 3.05) is 18.4 Å². The topological polar surface area (TPSA) is 32.3 Å². The Kier molecular flexibility index (Phi) is 4.99. The van der Waals surface area contributed by atoms with Crippen LogP contribution in [0.3, 0.4) is 0 Å². The molecule has 120 valence electrons. The maximum atomic E-state index is 12.5. The summed E-state index contributed by atoms with van der Waals surface area (Å²) in [5.74, 6) is 0.153. The van der Waals surface area contributed by atoms with Crippen LogP contribution < -0.4 is 5.32 Å². The van der Waals surface area contributed by atoms with E-state index in [2.05, 4.69) is 34.5 Å². The van der Waals surface area contributed by atoms with Crippen LogP contribution in [0.4, 0.5) is 5.69 Å². The fourth-order valence-electron chi connectivity index (χ4n) is 3.03. The lowest BCUT2D eigenvalue weighted by molar-refractivity contribution is -0.119. The van der Waals surface area contributed by atoms with E-state index in [1.807, 2.05) is 25.1 Å². The van der Waals surface area contributed by atoms with Crippen molar-refractivity contribution in [3.05, 3.63) is 64.7 Å². The van der Waals surface area contributed by atoms with Crippen molar-refractivity contribution < 1.29 is 4.79 Å². The van der Waals surface area contributed by atoms with Gasteiger partial charge in [-0.1, -0.05) is 41.9 Å². The molecule has 0 aliphatic carbocycles. The van der Waals surface area contributed by atoms with Gasteiger partial charge in [0, 0.05) is 23.8 Å². The molecule has 4 heteroatoms. The number of amides is 1. The number of hydrogen-bond donors (Lipinski definition) is 1. The number of likely N-dealkylation sites (tertiary alicyclic amines) is 1. The highest BCUT2D eigenvalue weighted by Crippen LogP contribution is 2.23. The molecule has 3 rings (SSSR count). The van der Waals surface area contributed by atoms with E-state index in [9.17, 15) is 4.79 Å². The van der Waals surface area contributed by atoms with Gasteiger partial charge >= 0.3 is 0 Å². The molecule has 0 aromatic heterocycles. The van der Waals surface area contributed by atoms with Gasteiger partial charge in [0.25, 0.3) is 0 Å². The summed E-state index contributed by atoms with van der Waals surface area (Å²) >= 11 is 5.96. The van der Waals surface area contributed by atoms with E-state index in [0.717, 1.165) is 37.3 Å². The molecule has 0 bridgehead atoms. The van der Waals surface area contributed by atoms with E-state index in [-0.39, 0.29) is 11.8 Å². The fraction of sp³-hybridized carbons (Fsp3) is 0.316. The number of nitrogens with zero attached hydrogens (tertiary/aromatic N) is 1. The first kappa shape index (κ1) is 16.0. The van der Waals surface area contributed by atoms with Crippen molar-refractivity contribution in [3.8, 4) is 0 Å². The van der Waals surface area contributed by atoms with Crippen LogP contribution in [0, 0.1) is 12.8 Å². The van der Waals surface area contributed by atoms with E-state index in [4.69, 9.17) is 11.6 Å². The number of benzene rings is 2. The SMILES string of the molecule is Cc1cc(Cl)ccc1NC(=O)C1CCN(Cc2ccccc2)C1. The minimum atomic E-state index is 0.0498. The van der Waals surface area contributed by atoms with E-state index in [0.29, 0.717) is 5.02 Å². The van der Waals surface area contributed by atoms with Crippen LogP contribution in [0.1, 0.15) is 17.5 Å². The lowest BCUT2D eigenvalue weighted by Crippen LogP contribution is -2.27. The van der Waals surface area contributed by atoms with Crippen molar-refractivity contribution in [1.82, 2.24) is 4.90 Å². The third kappa shape index (κ3) is 4.12. The molecule has 0 spiro atoms. The van der Waals surface area contributed by atoms with Crippen molar-refractivity contribution in [3.63, 3.8) is 0 Å². The fourth-order valence-corrected chi connectivity index (χ4v) is 3.26. The van der Waals surface area contributed by atoms with Crippen LogP contribution in [0.2, 0.25) is 5.02 Å². The number of aryl methyl sites for hydroxylation is 1. The average molecular weight is 329 g/mol. The lowest BCUT2D eigenvalue weighted by Gasteiger charge is -2.16. The first-order valence-electron chi connectivity index (χ1n) is 7.95. The molecule has 1 saturated heterocycles. The zero-order chi connectivity index (χ0) is 16.2. The summed E-state index contributed by atoms with van der Waals surface area (Å²) in [6.45, 7) is 4.64. The minimum Gasteiger partial charge on any atom is -0.326 e. The Morgan fingerprint density at radius 1 is 1.26 bits per heavy atom. The zero-order valence-electron chi connectivity index (χ0n) is 13.3. The van der Waals surface area contributed by atoms with Crippen LogP contribution in [0.15, 0.2) is 48.5 Å². The molecule has 2 aromatic rings. The van der Waals surface area contributed by atoms with E-state index in [1.165, 1.54) is 5.56 Å². The highest BCUT2D eigenvalue weighted by Gasteiger charge is 2.28. The summed E-state index contributed by atoms with van der Waals surface area (Å²) in [4.78, 5) is 14.8. The largest absolute Gasteiger partial charge is 0.326 e. The van der Waals surface area contributed by atoms with Gasteiger partial charge in [-0.25, -0.2) is 0 Å². The Balaban J connectivity index is 1.57. The highest BCUT2D eigenvalue weighted by atomic mass is 35.5. The van der Waals surface area contributed by atoms with Gasteiger partial charge < -0.3 is 5.32 Å². The number of carbonyl (C=O) groups excluding carboxylic acids is 1. The van der Waals surface area contributed by atoms with Gasteiger partial charge in [0.2, 0.25) is 5.91 Å². The smallest absolute Gasteiger partial charge is 0.228 e. The maximum absolute atomic E-state index is 12.5. The standard InChI is InChI=1S/C19H21ClN2O/c1-14-11-17(20)7-8-18(14)21-19(23)16-9-10-22(13-16)12-15-5-3-2-4-6-15/h2-8,11,16H,9-10,12-13H2,1H3,(H,21,23). The first-order chi connectivity index (χ1) is 11.1. The molecule has 1 aliphatic rings. The molecule has 1 N–H and O–H groups in total. The van der Waals surface area contributed by atoms with Gasteiger partial charge in [-0.05, 0) is 49.2 Å². The molecule has 1 heterocycles. The summed E-state index contributed by atoms with van der Waals surface area (Å²) < 4.78 is 0. The van der Waals surface area contributed by atoms with Crippen molar-refractivity contribution in [1.29, 1.82) is 0 Å². The zero-order valence-corrected chi connectivity index (χ0v) is 14.0. The second kappa shape index (κ2) is 7.16. The predicted molar refractivity (Wildman–Crippen MR) is 94.6 cm³/mol. The number of anilines is 1. The molecular formula is C19H21ClN2O. The third-order valence-corrected chi connectivity index (χ3v) is 4.57. The summed E-state index contributed by atoms with van der Waals surface area (Å²) in [6.07, 6.45) is 0.908. The van der Waals surface area contributed by atoms with Gasteiger partial charge in [0.05, 0.1) is 5.92 Å².